The van der Waals surface area contributed by atoms with Crippen LogP contribution >= 0.6 is 0 Å². The maximum Gasteiger partial charge on any atom is 0.273 e. The van der Waals surface area contributed by atoms with Crippen molar-refractivity contribution in [2.45, 2.75) is 13.3 Å². The van der Waals surface area contributed by atoms with Gasteiger partial charge in [-0.15, -0.1) is 0 Å². The lowest BCUT2D eigenvalue weighted by Gasteiger charge is -2.06. The van der Waals surface area contributed by atoms with Crippen LogP contribution < -0.4 is 5.32 Å². The van der Waals surface area contributed by atoms with Crippen LogP contribution in [-0.2, 0) is 11.2 Å². The van der Waals surface area contributed by atoms with Crippen LogP contribution in [0.15, 0.2) is 42.6 Å². The second-order valence-corrected chi connectivity index (χ2v) is 4.30. The Morgan fingerprint density at radius 1 is 1.35 bits per heavy atom. The number of rotatable bonds is 4. The zero-order valence-electron chi connectivity index (χ0n) is 10.9. The van der Waals surface area contributed by atoms with Crippen LogP contribution in [0.2, 0.25) is 0 Å². The Balaban J connectivity index is 2.11. The van der Waals surface area contributed by atoms with Crippen molar-refractivity contribution >= 4 is 17.3 Å². The third-order valence-corrected chi connectivity index (χ3v) is 2.72. The van der Waals surface area contributed by atoms with E-state index in [1.54, 1.807) is 36.5 Å². The highest BCUT2D eigenvalue weighted by molar-refractivity contribution is 5.92. The van der Waals surface area contributed by atoms with Gasteiger partial charge in [-0.05, 0) is 19.1 Å². The first-order valence-corrected chi connectivity index (χ1v) is 6.01. The van der Waals surface area contributed by atoms with Crippen molar-refractivity contribution in [2.75, 3.05) is 5.32 Å². The van der Waals surface area contributed by atoms with Crippen molar-refractivity contribution in [2.24, 2.45) is 0 Å². The zero-order valence-corrected chi connectivity index (χ0v) is 10.9. The van der Waals surface area contributed by atoms with Gasteiger partial charge in [0.15, 0.2) is 0 Å². The smallest absolute Gasteiger partial charge is 0.273 e. The van der Waals surface area contributed by atoms with E-state index in [0.717, 1.165) is 5.69 Å². The van der Waals surface area contributed by atoms with Gasteiger partial charge in [0.25, 0.3) is 5.69 Å². The number of hydrogen-bond donors (Lipinski definition) is 1. The number of nitrogens with zero attached hydrogens (tertiary/aromatic N) is 2. The van der Waals surface area contributed by atoms with Crippen molar-refractivity contribution in [3.63, 3.8) is 0 Å². The molecule has 1 aromatic carbocycles. The third-order valence-electron chi connectivity index (χ3n) is 2.72. The van der Waals surface area contributed by atoms with Crippen LogP contribution in [0.4, 0.5) is 11.4 Å². The number of nitrogens with one attached hydrogen (secondary N) is 1. The number of amides is 1. The van der Waals surface area contributed by atoms with Crippen molar-refractivity contribution in [3.8, 4) is 0 Å². The van der Waals surface area contributed by atoms with Crippen molar-refractivity contribution in [1.29, 1.82) is 0 Å². The van der Waals surface area contributed by atoms with E-state index in [4.69, 9.17) is 0 Å². The summed E-state index contributed by atoms with van der Waals surface area (Å²) in [7, 11) is 0. The first-order valence-electron chi connectivity index (χ1n) is 6.01. The maximum absolute atomic E-state index is 11.9. The molecule has 20 heavy (non-hydrogen) atoms. The van der Waals surface area contributed by atoms with Gasteiger partial charge in [0.1, 0.15) is 0 Å². The quantitative estimate of drug-likeness (QED) is 0.683. The standard InChI is InChI=1S/C14H13N3O3/c1-10-8-12(6-7-15-10)16-14(18)9-11-4-2-3-5-13(11)17(19)20/h2-8H,9H2,1H3,(H,15,16,18). The summed E-state index contributed by atoms with van der Waals surface area (Å²) in [5.41, 5.74) is 1.75. The number of nitro benzene ring substituents is 1. The normalized spacial score (nSPS) is 10.1. The zero-order chi connectivity index (χ0) is 14.5. The minimum atomic E-state index is -0.487. The van der Waals surface area contributed by atoms with Crippen molar-refractivity contribution in [3.05, 3.63) is 64.0 Å². The SMILES string of the molecule is Cc1cc(NC(=O)Cc2ccccc2[N+](=O)[O-])ccn1. The fourth-order valence-corrected chi connectivity index (χ4v) is 1.84. The highest BCUT2D eigenvalue weighted by Crippen LogP contribution is 2.18. The molecule has 0 saturated carbocycles. The van der Waals surface area contributed by atoms with E-state index in [1.165, 1.54) is 6.07 Å². The molecule has 0 atom stereocenters. The van der Waals surface area contributed by atoms with Gasteiger partial charge in [0.2, 0.25) is 5.91 Å². The fraction of sp³-hybridized carbons (Fsp3) is 0.143. The predicted octanol–water partition coefficient (Wildman–Crippen LogP) is 2.48. The van der Waals surface area contributed by atoms with E-state index in [9.17, 15) is 14.9 Å². The lowest BCUT2D eigenvalue weighted by Crippen LogP contribution is -2.15. The van der Waals surface area contributed by atoms with Crippen molar-refractivity contribution in [1.82, 2.24) is 4.98 Å². The summed E-state index contributed by atoms with van der Waals surface area (Å²) in [6.07, 6.45) is 1.55. The minimum absolute atomic E-state index is 0.0431. The molecule has 0 fully saturated rings. The van der Waals surface area contributed by atoms with E-state index in [1.807, 2.05) is 6.92 Å². The number of aryl methyl sites for hydroxylation is 1. The minimum Gasteiger partial charge on any atom is -0.326 e. The molecule has 0 unspecified atom stereocenters. The fourth-order valence-electron chi connectivity index (χ4n) is 1.84. The maximum atomic E-state index is 11.9. The van der Waals surface area contributed by atoms with Crippen LogP contribution in [-0.4, -0.2) is 15.8 Å². The monoisotopic (exact) mass is 271 g/mol. The van der Waals surface area contributed by atoms with E-state index >= 15 is 0 Å². The second kappa shape index (κ2) is 5.92. The summed E-state index contributed by atoms with van der Waals surface area (Å²) in [6.45, 7) is 1.82. The molecule has 0 aliphatic carbocycles. The molecule has 6 nitrogen and oxygen atoms in total. The summed E-state index contributed by atoms with van der Waals surface area (Å²) in [5.74, 6) is -0.301. The number of pyridine rings is 1. The number of benzene rings is 1. The van der Waals surface area contributed by atoms with E-state index in [-0.39, 0.29) is 18.0 Å². The van der Waals surface area contributed by atoms with Gasteiger partial charge in [0, 0.05) is 29.2 Å². The lowest BCUT2D eigenvalue weighted by atomic mass is 10.1. The Kier molecular flexibility index (Phi) is 4.05. The van der Waals surface area contributed by atoms with Gasteiger partial charge in [-0.3, -0.25) is 19.9 Å². The summed E-state index contributed by atoms with van der Waals surface area (Å²) >= 11 is 0. The molecule has 0 aliphatic rings. The average Bonchev–Trinajstić information content (AvgIpc) is 2.38. The number of carbonyl (C=O) groups excluding carboxylic acids is 1. The largest absolute Gasteiger partial charge is 0.326 e. The number of carbonyl (C=O) groups is 1. The molecule has 6 heteroatoms. The van der Waals surface area contributed by atoms with Crippen LogP contribution in [0, 0.1) is 17.0 Å². The highest BCUT2D eigenvalue weighted by atomic mass is 16.6. The first-order chi connectivity index (χ1) is 9.56. The molecule has 1 amide bonds. The second-order valence-electron chi connectivity index (χ2n) is 4.30. The molecule has 102 valence electrons. The summed E-state index contributed by atoms with van der Waals surface area (Å²) in [4.78, 5) is 26.3. The van der Waals surface area contributed by atoms with Crippen LogP contribution in [0.3, 0.4) is 0 Å². The first kappa shape index (κ1) is 13.7. The molecule has 1 N–H and O–H groups in total. The summed E-state index contributed by atoms with van der Waals surface area (Å²) in [5, 5.41) is 13.6. The van der Waals surface area contributed by atoms with Crippen LogP contribution in [0.1, 0.15) is 11.3 Å². The van der Waals surface area contributed by atoms with E-state index in [2.05, 4.69) is 10.3 Å². The number of para-hydroxylation sites is 1. The van der Waals surface area contributed by atoms with Crippen LogP contribution in [0.5, 0.6) is 0 Å². The molecule has 2 aromatic rings. The van der Waals surface area contributed by atoms with Gasteiger partial charge >= 0.3 is 0 Å². The number of aromatic nitrogens is 1. The molecule has 0 aliphatic heterocycles. The van der Waals surface area contributed by atoms with Gasteiger partial charge < -0.3 is 5.32 Å². The number of hydrogen-bond acceptors (Lipinski definition) is 4. The van der Waals surface area contributed by atoms with E-state index in [0.29, 0.717) is 11.3 Å². The molecule has 0 spiro atoms. The average molecular weight is 271 g/mol. The molecular formula is C14H13N3O3. The van der Waals surface area contributed by atoms with Crippen LogP contribution in [0.25, 0.3) is 0 Å². The predicted molar refractivity (Wildman–Crippen MR) is 74.4 cm³/mol. The van der Waals surface area contributed by atoms with Crippen molar-refractivity contribution < 1.29 is 9.72 Å². The van der Waals surface area contributed by atoms with Gasteiger partial charge in [-0.2, -0.15) is 0 Å². The number of anilines is 1. The Hall–Kier alpha value is -2.76. The molecule has 0 saturated heterocycles. The molecule has 2 rings (SSSR count). The molecule has 1 heterocycles. The van der Waals surface area contributed by atoms with Gasteiger partial charge in [-0.25, -0.2) is 0 Å². The van der Waals surface area contributed by atoms with E-state index < -0.39 is 4.92 Å². The Morgan fingerprint density at radius 3 is 2.80 bits per heavy atom. The lowest BCUT2D eigenvalue weighted by molar-refractivity contribution is -0.385. The topological polar surface area (TPSA) is 85.1 Å². The Bertz CT molecular complexity index is 656. The highest BCUT2D eigenvalue weighted by Gasteiger charge is 2.15. The number of nitro groups is 1. The Morgan fingerprint density at radius 2 is 2.10 bits per heavy atom. The molecule has 1 aromatic heterocycles. The molecular weight excluding hydrogens is 258 g/mol. The third kappa shape index (κ3) is 3.38. The summed E-state index contributed by atoms with van der Waals surface area (Å²) < 4.78 is 0. The van der Waals surface area contributed by atoms with Gasteiger partial charge in [-0.1, -0.05) is 18.2 Å². The molecule has 0 radical (unpaired) electrons. The van der Waals surface area contributed by atoms with Gasteiger partial charge in [0.05, 0.1) is 11.3 Å². The molecule has 0 bridgehead atoms. The summed E-state index contributed by atoms with van der Waals surface area (Å²) in [6, 6.07) is 9.62. The Labute approximate surface area is 115 Å².